The number of hydrogen-bond donors (Lipinski definition) is 1. The van der Waals surface area contributed by atoms with Gasteiger partial charge in [0, 0.05) is 6.42 Å². The van der Waals surface area contributed by atoms with E-state index in [1.807, 2.05) is 0 Å². The number of carbonyl (C=O) groups excluding carboxylic acids is 1. The maximum absolute atomic E-state index is 11.7. The monoisotopic (exact) mass is 360 g/mol. The van der Waals surface area contributed by atoms with Crippen molar-refractivity contribution in [3.05, 3.63) is 28.8 Å². The molecule has 0 saturated heterocycles. The third-order valence-corrected chi connectivity index (χ3v) is 3.03. The van der Waals surface area contributed by atoms with Crippen LogP contribution in [-0.4, -0.2) is 29.5 Å². The summed E-state index contributed by atoms with van der Waals surface area (Å²) in [6.07, 6.45) is 0.363. The zero-order valence-electron chi connectivity index (χ0n) is 10.7. The van der Waals surface area contributed by atoms with Crippen molar-refractivity contribution in [2.24, 2.45) is 0 Å². The molecule has 4 nitrogen and oxygen atoms in total. The minimum atomic E-state index is -1.63. The van der Waals surface area contributed by atoms with Crippen LogP contribution in [-0.2, 0) is 16.0 Å². The minimum Gasteiger partial charge on any atom is -0.495 e. The lowest BCUT2D eigenvalue weighted by Crippen LogP contribution is -2.66. The average Bonchev–Trinajstić information content (AvgIpc) is 2.35. The fourth-order valence-corrected chi connectivity index (χ4v) is 1.92. The maximum atomic E-state index is 11.7. The van der Waals surface area contributed by atoms with Crippen LogP contribution in [0, 0.1) is 0 Å². The van der Waals surface area contributed by atoms with Crippen molar-refractivity contribution < 1.29 is 20.0 Å². The molecule has 112 valence electrons. The molecule has 0 bridgehead atoms. The second kappa shape index (κ2) is 7.57. The van der Waals surface area contributed by atoms with Gasteiger partial charge in [0.1, 0.15) is 12.4 Å². The van der Waals surface area contributed by atoms with Crippen molar-refractivity contribution in [1.82, 2.24) is 0 Å². The molecule has 0 unspecified atom stereocenters. The lowest BCUT2D eigenvalue weighted by Gasteiger charge is -2.13. The van der Waals surface area contributed by atoms with E-state index >= 15 is 0 Å². The zero-order chi connectivity index (χ0) is 15.3. The van der Waals surface area contributed by atoms with Crippen molar-refractivity contribution in [3.8, 4) is 5.75 Å². The summed E-state index contributed by atoms with van der Waals surface area (Å²) in [6, 6.07) is 4.61. The van der Waals surface area contributed by atoms with Crippen LogP contribution < -0.4 is 10.5 Å². The number of esters is 1. The van der Waals surface area contributed by atoms with Gasteiger partial charge < -0.3 is 15.2 Å². The van der Waals surface area contributed by atoms with Gasteiger partial charge in [-0.25, -0.2) is 4.79 Å². The first-order chi connectivity index (χ1) is 9.23. The average molecular weight is 362 g/mol. The van der Waals surface area contributed by atoms with Gasteiger partial charge in [-0.2, -0.15) is 0 Å². The van der Waals surface area contributed by atoms with E-state index in [1.54, 1.807) is 18.2 Å². The van der Waals surface area contributed by atoms with Crippen LogP contribution in [0.3, 0.4) is 0 Å². The highest BCUT2D eigenvalue weighted by atomic mass is 35.6. The molecule has 20 heavy (non-hydrogen) atoms. The molecule has 1 atom stereocenters. The van der Waals surface area contributed by atoms with Gasteiger partial charge in [0.05, 0.1) is 12.1 Å². The third kappa shape index (κ3) is 5.94. The molecule has 1 aromatic rings. The molecule has 0 aromatic heterocycles. The second-order valence-corrected chi connectivity index (χ2v) is 7.02. The number of ether oxygens (including phenoxy) is 2. The highest BCUT2D eigenvalue weighted by Crippen LogP contribution is 2.27. The summed E-state index contributed by atoms with van der Waals surface area (Å²) >= 11 is 22.5. The Morgan fingerprint density at radius 3 is 2.55 bits per heavy atom. The summed E-state index contributed by atoms with van der Waals surface area (Å²) in [5.74, 6) is 0.0260. The SMILES string of the molecule is COc1ccc(C[C@@H]([NH3+])C(=O)OCC(Cl)(Cl)Cl)cc1Cl. The van der Waals surface area contributed by atoms with Crippen molar-refractivity contribution in [1.29, 1.82) is 0 Å². The molecule has 1 aromatic carbocycles. The van der Waals surface area contributed by atoms with Crippen LogP contribution in [0.2, 0.25) is 5.02 Å². The first kappa shape index (κ1) is 17.7. The van der Waals surface area contributed by atoms with Gasteiger partial charge in [0.15, 0.2) is 6.04 Å². The maximum Gasteiger partial charge on any atom is 0.365 e. The number of hydrogen-bond acceptors (Lipinski definition) is 3. The third-order valence-electron chi connectivity index (χ3n) is 2.41. The van der Waals surface area contributed by atoms with Crippen LogP contribution in [0.4, 0.5) is 0 Å². The molecule has 0 saturated carbocycles. The predicted octanol–water partition coefficient (Wildman–Crippen LogP) is 2.42. The highest BCUT2D eigenvalue weighted by Gasteiger charge is 2.26. The van der Waals surface area contributed by atoms with Gasteiger partial charge in [-0.3, -0.25) is 0 Å². The molecule has 0 aliphatic rings. The summed E-state index contributed by atoms with van der Waals surface area (Å²) in [5, 5.41) is 0.465. The normalized spacial score (nSPS) is 12.9. The number of benzene rings is 1. The van der Waals surface area contributed by atoms with Crippen LogP contribution in [0.5, 0.6) is 5.75 Å². The molecule has 0 fully saturated rings. The van der Waals surface area contributed by atoms with Gasteiger partial charge in [-0.15, -0.1) is 0 Å². The van der Waals surface area contributed by atoms with E-state index in [9.17, 15) is 4.79 Å². The quantitative estimate of drug-likeness (QED) is 0.647. The summed E-state index contributed by atoms with van der Waals surface area (Å²) in [4.78, 5) is 11.7. The van der Waals surface area contributed by atoms with Gasteiger partial charge in [0.2, 0.25) is 3.79 Å². The number of halogens is 4. The Morgan fingerprint density at radius 1 is 1.40 bits per heavy atom. The first-order valence-electron chi connectivity index (χ1n) is 5.62. The number of rotatable bonds is 5. The fourth-order valence-electron chi connectivity index (χ4n) is 1.48. The van der Waals surface area contributed by atoms with Gasteiger partial charge in [-0.1, -0.05) is 52.5 Å². The van der Waals surface area contributed by atoms with E-state index < -0.39 is 15.8 Å². The Labute approximate surface area is 137 Å². The summed E-state index contributed by atoms with van der Waals surface area (Å²) in [6.45, 7) is -0.314. The first-order valence-corrected chi connectivity index (χ1v) is 7.13. The number of alkyl halides is 3. The topological polar surface area (TPSA) is 63.2 Å². The minimum absolute atomic E-state index is 0.314. The Kier molecular flexibility index (Phi) is 6.69. The standard InChI is InChI=1S/C12H13Cl4NO3/c1-19-10-3-2-7(4-8(10)13)5-9(17)11(18)20-6-12(14,15)16/h2-4,9H,5-6,17H2,1H3/p+1/t9-/m1/s1. The van der Waals surface area contributed by atoms with E-state index in [4.69, 9.17) is 55.9 Å². The summed E-state index contributed by atoms with van der Waals surface area (Å²) in [5.41, 5.74) is 4.56. The molecule has 8 heteroatoms. The Bertz CT molecular complexity index is 476. The Balaban J connectivity index is 2.59. The van der Waals surface area contributed by atoms with E-state index in [0.29, 0.717) is 17.2 Å². The fraction of sp³-hybridized carbons (Fsp3) is 0.417. The molecular weight excluding hydrogens is 348 g/mol. The van der Waals surface area contributed by atoms with Crippen molar-refractivity contribution in [2.75, 3.05) is 13.7 Å². The van der Waals surface area contributed by atoms with Crippen molar-refractivity contribution in [2.45, 2.75) is 16.3 Å². The molecule has 3 N–H and O–H groups in total. The van der Waals surface area contributed by atoms with Crippen LogP contribution >= 0.6 is 46.4 Å². The van der Waals surface area contributed by atoms with Crippen LogP contribution in [0.25, 0.3) is 0 Å². The van der Waals surface area contributed by atoms with Crippen LogP contribution in [0.15, 0.2) is 18.2 Å². The molecule has 0 aliphatic heterocycles. The van der Waals surface area contributed by atoms with Gasteiger partial charge in [0.25, 0.3) is 0 Å². The molecule has 1 rings (SSSR count). The number of methoxy groups -OCH3 is 1. The lowest BCUT2D eigenvalue weighted by molar-refractivity contribution is -0.407. The van der Waals surface area contributed by atoms with Crippen molar-refractivity contribution in [3.63, 3.8) is 0 Å². The van der Waals surface area contributed by atoms with Crippen LogP contribution in [0.1, 0.15) is 5.56 Å². The predicted molar refractivity (Wildman–Crippen MR) is 79.6 cm³/mol. The van der Waals surface area contributed by atoms with Gasteiger partial charge >= 0.3 is 5.97 Å². The summed E-state index contributed by atoms with van der Waals surface area (Å²) in [7, 11) is 1.53. The van der Waals surface area contributed by atoms with E-state index in [-0.39, 0.29) is 6.61 Å². The van der Waals surface area contributed by atoms with E-state index in [2.05, 4.69) is 5.73 Å². The van der Waals surface area contributed by atoms with Crippen molar-refractivity contribution >= 4 is 52.4 Å². The Morgan fingerprint density at radius 2 is 2.05 bits per heavy atom. The molecule has 0 heterocycles. The number of quaternary nitrogens is 1. The lowest BCUT2D eigenvalue weighted by atomic mass is 10.1. The second-order valence-electron chi connectivity index (χ2n) is 4.09. The Hall–Kier alpha value is -0.390. The molecule has 0 spiro atoms. The molecule has 0 aliphatic carbocycles. The molecule has 0 amide bonds. The summed E-state index contributed by atoms with van der Waals surface area (Å²) < 4.78 is 8.28. The smallest absolute Gasteiger partial charge is 0.365 e. The van der Waals surface area contributed by atoms with E-state index in [0.717, 1.165) is 5.56 Å². The van der Waals surface area contributed by atoms with Gasteiger partial charge in [-0.05, 0) is 17.7 Å². The molecular formula is C12H14Cl4NO3+. The van der Waals surface area contributed by atoms with E-state index in [1.165, 1.54) is 7.11 Å². The molecule has 0 radical (unpaired) electrons. The number of carbonyl (C=O) groups is 1. The zero-order valence-corrected chi connectivity index (χ0v) is 13.7. The largest absolute Gasteiger partial charge is 0.495 e. The highest BCUT2D eigenvalue weighted by molar-refractivity contribution is 6.67.